The normalized spacial score (nSPS) is 29.9. The molecule has 0 saturated carbocycles. The molecule has 0 bridgehead atoms. The number of nitrogens with zero attached hydrogens (tertiary/aromatic N) is 1. The molecule has 2 saturated heterocycles. The molecular formula is C15H28N2O3. The molecule has 5 nitrogen and oxygen atoms in total. The van der Waals surface area contributed by atoms with Crippen molar-refractivity contribution >= 4 is 5.91 Å². The zero-order chi connectivity index (χ0) is 14.4. The average molecular weight is 284 g/mol. The molecule has 0 aliphatic carbocycles. The lowest BCUT2D eigenvalue weighted by atomic mass is 9.83. The molecule has 0 radical (unpaired) electrons. The second-order valence-corrected chi connectivity index (χ2v) is 6.43. The fourth-order valence-corrected chi connectivity index (χ4v) is 3.08. The van der Waals surface area contributed by atoms with Gasteiger partial charge in [-0.1, -0.05) is 6.42 Å². The fraction of sp³-hybridized carbons (Fsp3) is 0.933. The maximum atomic E-state index is 12.4. The van der Waals surface area contributed by atoms with Crippen molar-refractivity contribution in [3.8, 4) is 0 Å². The first-order valence-electron chi connectivity index (χ1n) is 7.86. The van der Waals surface area contributed by atoms with Gasteiger partial charge < -0.3 is 20.1 Å². The van der Waals surface area contributed by atoms with Crippen LogP contribution in [0.1, 0.15) is 39.0 Å². The van der Waals surface area contributed by atoms with Crippen LogP contribution < -0.4 is 5.32 Å². The van der Waals surface area contributed by atoms with Crippen LogP contribution in [0.2, 0.25) is 0 Å². The van der Waals surface area contributed by atoms with E-state index in [0.29, 0.717) is 6.61 Å². The van der Waals surface area contributed by atoms with E-state index < -0.39 is 5.41 Å². The van der Waals surface area contributed by atoms with Gasteiger partial charge in [-0.25, -0.2) is 0 Å². The molecule has 0 aromatic carbocycles. The van der Waals surface area contributed by atoms with E-state index in [2.05, 4.69) is 10.2 Å². The van der Waals surface area contributed by atoms with E-state index in [1.807, 2.05) is 6.92 Å². The number of amides is 1. The second-order valence-electron chi connectivity index (χ2n) is 6.43. The summed E-state index contributed by atoms with van der Waals surface area (Å²) >= 11 is 0. The zero-order valence-corrected chi connectivity index (χ0v) is 12.6. The Hall–Kier alpha value is -0.650. The predicted molar refractivity (Wildman–Crippen MR) is 77.5 cm³/mol. The van der Waals surface area contributed by atoms with Crippen LogP contribution in [0.4, 0.5) is 0 Å². The third-order valence-corrected chi connectivity index (χ3v) is 4.47. The van der Waals surface area contributed by atoms with Gasteiger partial charge in [-0.05, 0) is 45.7 Å². The quantitative estimate of drug-likeness (QED) is 0.783. The molecule has 0 aromatic heterocycles. The Labute approximate surface area is 121 Å². The van der Waals surface area contributed by atoms with Gasteiger partial charge in [-0.15, -0.1) is 0 Å². The van der Waals surface area contributed by atoms with Crippen LogP contribution in [0.15, 0.2) is 0 Å². The Kier molecular flexibility index (Phi) is 5.81. The third kappa shape index (κ3) is 4.17. The van der Waals surface area contributed by atoms with Crippen LogP contribution in [-0.2, 0) is 9.53 Å². The van der Waals surface area contributed by atoms with E-state index in [4.69, 9.17) is 4.74 Å². The SMILES string of the molecule is CC1(C(=O)NC(CO)CN2CCCCC2)CCCOC1. The van der Waals surface area contributed by atoms with Crippen LogP contribution in [0.3, 0.4) is 0 Å². The number of aliphatic hydroxyl groups is 1. The largest absolute Gasteiger partial charge is 0.394 e. The highest BCUT2D eigenvalue weighted by Gasteiger charge is 2.36. The number of ether oxygens (including phenoxy) is 1. The molecule has 20 heavy (non-hydrogen) atoms. The Morgan fingerprint density at radius 2 is 2.10 bits per heavy atom. The number of nitrogens with one attached hydrogen (secondary N) is 1. The molecule has 2 atom stereocenters. The van der Waals surface area contributed by atoms with Crippen molar-refractivity contribution in [2.75, 3.05) is 39.5 Å². The van der Waals surface area contributed by atoms with Gasteiger partial charge in [0.2, 0.25) is 5.91 Å². The molecule has 2 fully saturated rings. The van der Waals surface area contributed by atoms with Crippen LogP contribution >= 0.6 is 0 Å². The van der Waals surface area contributed by atoms with Crippen molar-refractivity contribution < 1.29 is 14.6 Å². The summed E-state index contributed by atoms with van der Waals surface area (Å²) < 4.78 is 5.44. The number of carbonyl (C=O) groups is 1. The van der Waals surface area contributed by atoms with Crippen LogP contribution in [0.25, 0.3) is 0 Å². The van der Waals surface area contributed by atoms with Gasteiger partial charge in [0.1, 0.15) is 0 Å². The lowest BCUT2D eigenvalue weighted by molar-refractivity contribution is -0.138. The van der Waals surface area contributed by atoms with Crippen molar-refractivity contribution in [2.45, 2.75) is 45.1 Å². The summed E-state index contributed by atoms with van der Waals surface area (Å²) in [6.07, 6.45) is 5.53. The topological polar surface area (TPSA) is 61.8 Å². The number of rotatable bonds is 5. The third-order valence-electron chi connectivity index (χ3n) is 4.47. The molecule has 0 spiro atoms. The van der Waals surface area contributed by atoms with Crippen LogP contribution in [-0.4, -0.2) is 61.4 Å². The van der Waals surface area contributed by atoms with E-state index >= 15 is 0 Å². The van der Waals surface area contributed by atoms with Crippen molar-refractivity contribution in [2.24, 2.45) is 5.41 Å². The summed E-state index contributed by atoms with van der Waals surface area (Å²) in [4.78, 5) is 14.7. The molecule has 2 aliphatic rings. The Balaban J connectivity index is 1.83. The highest BCUT2D eigenvalue weighted by molar-refractivity contribution is 5.82. The molecule has 2 N–H and O–H groups in total. The average Bonchev–Trinajstić information content (AvgIpc) is 2.48. The van der Waals surface area contributed by atoms with Gasteiger partial charge in [0.15, 0.2) is 0 Å². The number of likely N-dealkylation sites (tertiary alicyclic amines) is 1. The Morgan fingerprint density at radius 1 is 1.35 bits per heavy atom. The number of carbonyl (C=O) groups excluding carboxylic acids is 1. The molecule has 2 rings (SSSR count). The summed E-state index contributed by atoms with van der Waals surface area (Å²) in [5.41, 5.74) is -0.437. The summed E-state index contributed by atoms with van der Waals surface area (Å²) in [6.45, 7) is 6.09. The van der Waals surface area contributed by atoms with Gasteiger partial charge in [0.05, 0.1) is 24.7 Å². The first-order valence-corrected chi connectivity index (χ1v) is 7.86. The monoisotopic (exact) mass is 284 g/mol. The Morgan fingerprint density at radius 3 is 2.70 bits per heavy atom. The van der Waals surface area contributed by atoms with Gasteiger partial charge >= 0.3 is 0 Å². The smallest absolute Gasteiger partial charge is 0.228 e. The molecule has 2 heterocycles. The minimum Gasteiger partial charge on any atom is -0.394 e. The van der Waals surface area contributed by atoms with Crippen molar-refractivity contribution in [3.05, 3.63) is 0 Å². The lowest BCUT2D eigenvalue weighted by Crippen LogP contribution is -2.53. The highest BCUT2D eigenvalue weighted by atomic mass is 16.5. The number of hydrogen-bond donors (Lipinski definition) is 2. The second kappa shape index (κ2) is 7.38. The first-order chi connectivity index (χ1) is 9.64. The molecule has 2 aliphatic heterocycles. The Bertz CT molecular complexity index is 310. The number of piperidine rings is 1. The van der Waals surface area contributed by atoms with Gasteiger partial charge in [0.25, 0.3) is 0 Å². The summed E-state index contributed by atoms with van der Waals surface area (Å²) in [6, 6.07) is -0.167. The predicted octanol–water partition coefficient (Wildman–Crippen LogP) is 0.766. The van der Waals surface area contributed by atoms with Crippen LogP contribution in [0.5, 0.6) is 0 Å². The first kappa shape index (κ1) is 15.7. The minimum absolute atomic E-state index is 0.000816. The lowest BCUT2D eigenvalue weighted by Gasteiger charge is -2.35. The molecule has 2 unspecified atom stereocenters. The van der Waals surface area contributed by atoms with E-state index in [1.165, 1.54) is 19.3 Å². The molecular weight excluding hydrogens is 256 g/mol. The van der Waals surface area contributed by atoms with E-state index in [9.17, 15) is 9.90 Å². The van der Waals surface area contributed by atoms with Gasteiger partial charge in [0, 0.05) is 13.2 Å². The summed E-state index contributed by atoms with van der Waals surface area (Å²) in [7, 11) is 0. The van der Waals surface area contributed by atoms with Crippen LogP contribution in [0, 0.1) is 5.41 Å². The molecule has 5 heteroatoms. The minimum atomic E-state index is -0.437. The van der Waals surface area contributed by atoms with Gasteiger partial charge in [-0.2, -0.15) is 0 Å². The van der Waals surface area contributed by atoms with E-state index in [0.717, 1.165) is 39.1 Å². The maximum absolute atomic E-state index is 12.4. The van der Waals surface area contributed by atoms with Crippen molar-refractivity contribution in [1.29, 1.82) is 0 Å². The van der Waals surface area contributed by atoms with E-state index in [1.54, 1.807) is 0 Å². The maximum Gasteiger partial charge on any atom is 0.228 e. The van der Waals surface area contributed by atoms with Crippen molar-refractivity contribution in [3.63, 3.8) is 0 Å². The van der Waals surface area contributed by atoms with Gasteiger partial charge in [-0.3, -0.25) is 4.79 Å². The van der Waals surface area contributed by atoms with E-state index in [-0.39, 0.29) is 18.6 Å². The number of hydrogen-bond acceptors (Lipinski definition) is 4. The molecule has 0 aromatic rings. The highest BCUT2D eigenvalue weighted by Crippen LogP contribution is 2.28. The fourth-order valence-electron chi connectivity index (χ4n) is 3.08. The summed E-state index contributed by atoms with van der Waals surface area (Å²) in [5.74, 6) is 0.0215. The summed E-state index contributed by atoms with van der Waals surface area (Å²) in [5, 5.41) is 12.5. The zero-order valence-electron chi connectivity index (χ0n) is 12.6. The molecule has 1 amide bonds. The number of aliphatic hydroxyl groups excluding tert-OH is 1. The molecule has 116 valence electrons. The van der Waals surface area contributed by atoms with Crippen molar-refractivity contribution in [1.82, 2.24) is 10.2 Å². The standard InChI is InChI=1S/C15H28N2O3/c1-15(6-5-9-20-12-15)14(19)16-13(11-18)10-17-7-3-2-4-8-17/h13,18H,2-12H2,1H3,(H,16,19).